The minimum Gasteiger partial charge on any atom is -0.478 e. The highest BCUT2D eigenvalue weighted by Gasteiger charge is 2.18. The summed E-state index contributed by atoms with van der Waals surface area (Å²) in [6, 6.07) is 13.0. The van der Waals surface area contributed by atoms with Crippen LogP contribution in [0, 0.1) is 0 Å². The van der Waals surface area contributed by atoms with Crippen LogP contribution in [0.4, 0.5) is 0 Å². The number of ether oxygens (including phenoxy) is 1. The summed E-state index contributed by atoms with van der Waals surface area (Å²) < 4.78 is 5.32. The molecule has 0 saturated heterocycles. The second-order valence-corrected chi connectivity index (χ2v) is 4.34. The molecule has 0 radical (unpaired) electrons. The summed E-state index contributed by atoms with van der Waals surface area (Å²) in [5.41, 5.74) is 0.760. The summed E-state index contributed by atoms with van der Waals surface area (Å²) in [6.45, 7) is 3.65. The first-order valence-corrected chi connectivity index (χ1v) is 6.36. The number of hydrogen-bond acceptors (Lipinski definition) is 3. The van der Waals surface area contributed by atoms with Crippen molar-refractivity contribution in [3.63, 3.8) is 0 Å². The van der Waals surface area contributed by atoms with Gasteiger partial charge in [0.15, 0.2) is 0 Å². The molecule has 0 atom stereocenters. The molecule has 0 aromatic heterocycles. The van der Waals surface area contributed by atoms with Crippen LogP contribution in [0.5, 0.6) is 5.75 Å². The van der Waals surface area contributed by atoms with Crippen molar-refractivity contribution in [1.29, 1.82) is 0 Å². The number of esters is 1. The van der Waals surface area contributed by atoms with Crippen molar-refractivity contribution in [3.05, 3.63) is 77.9 Å². The molecule has 2 rings (SSSR count). The van der Waals surface area contributed by atoms with Crippen LogP contribution in [-0.4, -0.2) is 17.0 Å². The number of aromatic carboxylic acids is 1. The van der Waals surface area contributed by atoms with Gasteiger partial charge in [-0.1, -0.05) is 36.4 Å². The van der Waals surface area contributed by atoms with Crippen LogP contribution < -0.4 is 4.74 Å². The molecule has 0 unspecified atom stereocenters. The maximum Gasteiger partial charge on any atom is 0.344 e. The zero-order valence-electron chi connectivity index (χ0n) is 11.3. The molecule has 0 saturated carbocycles. The fourth-order valence-electron chi connectivity index (χ4n) is 1.93. The van der Waals surface area contributed by atoms with E-state index in [0.717, 1.165) is 5.56 Å². The molecule has 0 spiro atoms. The molecule has 21 heavy (non-hydrogen) atoms. The first-order chi connectivity index (χ1) is 10.1. The van der Waals surface area contributed by atoms with E-state index in [-0.39, 0.29) is 11.1 Å². The Balaban J connectivity index is 2.31. The number of para-hydroxylation sites is 1. The van der Waals surface area contributed by atoms with E-state index in [1.165, 1.54) is 12.1 Å². The molecule has 4 heteroatoms. The number of rotatable bonds is 5. The lowest BCUT2D eigenvalue weighted by Gasteiger charge is -2.10. The molecule has 0 aliphatic rings. The topological polar surface area (TPSA) is 63.6 Å². The molecule has 0 aliphatic heterocycles. The van der Waals surface area contributed by atoms with Crippen molar-refractivity contribution < 1.29 is 19.4 Å². The molecule has 1 N–H and O–H groups in total. The Morgan fingerprint density at radius 3 is 2.33 bits per heavy atom. The molecule has 0 aliphatic carbocycles. The predicted molar refractivity (Wildman–Crippen MR) is 78.7 cm³/mol. The van der Waals surface area contributed by atoms with Gasteiger partial charge in [-0.25, -0.2) is 9.59 Å². The summed E-state index contributed by atoms with van der Waals surface area (Å²) in [5.74, 6) is -1.45. The summed E-state index contributed by atoms with van der Waals surface area (Å²) in [4.78, 5) is 23.3. The number of allylic oxidation sites excluding steroid dienone is 1. The largest absolute Gasteiger partial charge is 0.478 e. The summed E-state index contributed by atoms with van der Waals surface area (Å²) in [7, 11) is 0. The molecule has 0 amide bonds. The normalized spacial score (nSPS) is 9.90. The standard InChI is InChI=1S/C17H14O4/c1-2-7-12-8-3-6-11-15(12)21-17(20)14-10-5-4-9-13(14)16(18)19/h2-6,8-11H,1,7H2,(H,18,19). The second kappa shape index (κ2) is 6.52. The molecular weight excluding hydrogens is 268 g/mol. The molecule has 0 heterocycles. The van der Waals surface area contributed by atoms with Crippen molar-refractivity contribution in [1.82, 2.24) is 0 Å². The van der Waals surface area contributed by atoms with Crippen molar-refractivity contribution in [2.75, 3.05) is 0 Å². The second-order valence-electron chi connectivity index (χ2n) is 4.34. The van der Waals surface area contributed by atoms with E-state index in [2.05, 4.69) is 6.58 Å². The van der Waals surface area contributed by atoms with Crippen molar-refractivity contribution in [2.24, 2.45) is 0 Å². The van der Waals surface area contributed by atoms with Crippen LogP contribution in [0.3, 0.4) is 0 Å². The van der Waals surface area contributed by atoms with Gasteiger partial charge in [0.25, 0.3) is 0 Å². The van der Waals surface area contributed by atoms with E-state index >= 15 is 0 Å². The van der Waals surface area contributed by atoms with Gasteiger partial charge in [-0.3, -0.25) is 0 Å². The minimum atomic E-state index is -1.16. The first kappa shape index (κ1) is 14.5. The Bertz CT molecular complexity index is 689. The maximum atomic E-state index is 12.2. The van der Waals surface area contributed by atoms with E-state index in [4.69, 9.17) is 9.84 Å². The zero-order chi connectivity index (χ0) is 15.2. The molecule has 0 bridgehead atoms. The lowest BCUT2D eigenvalue weighted by molar-refractivity contribution is 0.0667. The average molecular weight is 282 g/mol. The van der Waals surface area contributed by atoms with Crippen molar-refractivity contribution in [3.8, 4) is 5.75 Å². The van der Waals surface area contributed by atoms with Crippen LogP contribution in [0.2, 0.25) is 0 Å². The van der Waals surface area contributed by atoms with E-state index < -0.39 is 11.9 Å². The Hall–Kier alpha value is -2.88. The van der Waals surface area contributed by atoms with Crippen LogP contribution in [0.15, 0.2) is 61.2 Å². The smallest absolute Gasteiger partial charge is 0.344 e. The van der Waals surface area contributed by atoms with Gasteiger partial charge in [0, 0.05) is 0 Å². The Kier molecular flexibility index (Phi) is 4.51. The Morgan fingerprint density at radius 2 is 1.67 bits per heavy atom. The first-order valence-electron chi connectivity index (χ1n) is 6.36. The Labute approximate surface area is 122 Å². The van der Waals surface area contributed by atoms with Crippen LogP contribution >= 0.6 is 0 Å². The van der Waals surface area contributed by atoms with E-state index in [9.17, 15) is 9.59 Å². The number of hydrogen-bond donors (Lipinski definition) is 1. The van der Waals surface area contributed by atoms with Crippen LogP contribution in [-0.2, 0) is 6.42 Å². The molecule has 2 aromatic carbocycles. The third kappa shape index (κ3) is 3.36. The third-order valence-electron chi connectivity index (χ3n) is 2.92. The van der Waals surface area contributed by atoms with E-state index in [1.807, 2.05) is 12.1 Å². The third-order valence-corrected chi connectivity index (χ3v) is 2.92. The summed E-state index contributed by atoms with van der Waals surface area (Å²) in [6.07, 6.45) is 2.27. The summed E-state index contributed by atoms with van der Waals surface area (Å²) >= 11 is 0. The molecule has 106 valence electrons. The molecular formula is C17H14O4. The SMILES string of the molecule is C=CCc1ccccc1OC(=O)c1ccccc1C(=O)O. The highest BCUT2D eigenvalue weighted by molar-refractivity contribution is 6.03. The number of carbonyl (C=O) groups excluding carboxylic acids is 1. The fraction of sp³-hybridized carbons (Fsp3) is 0.0588. The average Bonchev–Trinajstić information content (AvgIpc) is 2.49. The van der Waals surface area contributed by atoms with Gasteiger partial charge in [-0.05, 0) is 30.2 Å². The van der Waals surface area contributed by atoms with Crippen molar-refractivity contribution in [2.45, 2.75) is 6.42 Å². The van der Waals surface area contributed by atoms with Gasteiger partial charge >= 0.3 is 11.9 Å². The van der Waals surface area contributed by atoms with Crippen molar-refractivity contribution >= 4 is 11.9 Å². The van der Waals surface area contributed by atoms with Gasteiger partial charge in [-0.2, -0.15) is 0 Å². The minimum absolute atomic E-state index is 0.0263. The number of carboxylic acids is 1. The number of benzene rings is 2. The molecule has 2 aromatic rings. The van der Waals surface area contributed by atoms with Gasteiger partial charge in [0.1, 0.15) is 5.75 Å². The number of carboxylic acid groups (broad SMARTS) is 1. The zero-order valence-corrected chi connectivity index (χ0v) is 11.3. The van der Waals surface area contributed by atoms with E-state index in [1.54, 1.807) is 30.3 Å². The summed E-state index contributed by atoms with van der Waals surface area (Å²) in [5, 5.41) is 9.10. The maximum absolute atomic E-state index is 12.2. The lowest BCUT2D eigenvalue weighted by Crippen LogP contribution is -2.14. The van der Waals surface area contributed by atoms with Gasteiger partial charge < -0.3 is 9.84 Å². The van der Waals surface area contributed by atoms with Gasteiger partial charge in [-0.15, -0.1) is 6.58 Å². The Morgan fingerprint density at radius 1 is 1.05 bits per heavy atom. The molecule has 0 fully saturated rings. The fourth-order valence-corrected chi connectivity index (χ4v) is 1.93. The predicted octanol–water partition coefficient (Wildman–Crippen LogP) is 3.33. The van der Waals surface area contributed by atoms with Gasteiger partial charge in [0.05, 0.1) is 11.1 Å². The highest BCUT2D eigenvalue weighted by atomic mass is 16.5. The van der Waals surface area contributed by atoms with Crippen LogP contribution in [0.25, 0.3) is 0 Å². The van der Waals surface area contributed by atoms with Crippen LogP contribution in [0.1, 0.15) is 26.3 Å². The van der Waals surface area contributed by atoms with Gasteiger partial charge in [0.2, 0.25) is 0 Å². The van der Waals surface area contributed by atoms with E-state index in [0.29, 0.717) is 12.2 Å². The highest BCUT2D eigenvalue weighted by Crippen LogP contribution is 2.21. The quantitative estimate of drug-likeness (QED) is 0.519. The number of carbonyl (C=O) groups is 2. The monoisotopic (exact) mass is 282 g/mol. The molecule has 4 nitrogen and oxygen atoms in total. The lowest BCUT2D eigenvalue weighted by atomic mass is 10.1.